The third-order valence-corrected chi connectivity index (χ3v) is 6.25. The van der Waals surface area contributed by atoms with E-state index in [1.165, 1.54) is 22.7 Å². The van der Waals surface area contributed by atoms with Gasteiger partial charge in [-0.1, -0.05) is 18.2 Å². The Bertz CT molecular complexity index is 1310. The average molecular weight is 440 g/mol. The highest BCUT2D eigenvalue weighted by atomic mass is 32.1. The van der Waals surface area contributed by atoms with Crippen molar-refractivity contribution in [1.82, 2.24) is 9.78 Å². The Morgan fingerprint density at radius 3 is 2.60 bits per heavy atom. The first-order valence-electron chi connectivity index (χ1n) is 9.13. The van der Waals surface area contributed by atoms with Gasteiger partial charge in [-0.05, 0) is 43.0 Å². The van der Waals surface area contributed by atoms with E-state index in [2.05, 4.69) is 10.4 Å². The number of aryl methyl sites for hydroxylation is 1. The van der Waals surface area contributed by atoms with Crippen molar-refractivity contribution < 1.29 is 14.3 Å². The Morgan fingerprint density at radius 1 is 1.17 bits per heavy atom. The van der Waals surface area contributed by atoms with Crippen LogP contribution in [-0.2, 0) is 4.74 Å². The van der Waals surface area contributed by atoms with Crippen molar-refractivity contribution >= 4 is 50.3 Å². The lowest BCUT2D eigenvalue weighted by Gasteiger charge is -2.09. The lowest BCUT2D eigenvalue weighted by atomic mass is 10.2. The minimum absolute atomic E-state index is 0.0269. The van der Waals surface area contributed by atoms with Crippen LogP contribution in [0.25, 0.3) is 16.5 Å². The molecule has 152 valence electrons. The van der Waals surface area contributed by atoms with Gasteiger partial charge in [0.2, 0.25) is 0 Å². The summed E-state index contributed by atoms with van der Waals surface area (Å²) in [7, 11) is 0. The van der Waals surface area contributed by atoms with Crippen LogP contribution in [-0.4, -0.2) is 28.3 Å². The summed E-state index contributed by atoms with van der Waals surface area (Å²) in [5, 5.41) is 11.5. The summed E-state index contributed by atoms with van der Waals surface area (Å²) in [4.78, 5) is 39.0. The number of ether oxygens (including phenoxy) is 1. The molecule has 3 aromatic heterocycles. The third kappa shape index (κ3) is 3.64. The molecule has 0 radical (unpaired) electrons. The van der Waals surface area contributed by atoms with E-state index in [0.29, 0.717) is 21.0 Å². The minimum Gasteiger partial charge on any atom is -0.461 e. The molecule has 4 rings (SSSR count). The zero-order valence-corrected chi connectivity index (χ0v) is 17.8. The summed E-state index contributed by atoms with van der Waals surface area (Å²) in [5.74, 6) is -0.936. The summed E-state index contributed by atoms with van der Waals surface area (Å²) in [6.45, 7) is 3.78. The van der Waals surface area contributed by atoms with Crippen molar-refractivity contribution in [3.8, 4) is 5.69 Å². The largest absolute Gasteiger partial charge is 0.461 e. The van der Waals surface area contributed by atoms with Gasteiger partial charge in [0, 0.05) is 10.8 Å². The number of carbonyl (C=O) groups is 2. The molecule has 0 aliphatic heterocycles. The van der Waals surface area contributed by atoms with Crippen LogP contribution in [0.5, 0.6) is 0 Å². The van der Waals surface area contributed by atoms with Gasteiger partial charge < -0.3 is 10.1 Å². The van der Waals surface area contributed by atoms with Crippen LogP contribution in [0.3, 0.4) is 0 Å². The standard InChI is InChI=1S/C21H17N3O4S2/c1-3-28-21(27)17-14-11-30-19(22-18(25)15-9-12(2)10-29-15)16(14)20(26)24(23-17)13-7-5-4-6-8-13/h4-11H,3H2,1-2H3,(H,22,25). The quantitative estimate of drug-likeness (QED) is 0.470. The number of esters is 1. The first-order chi connectivity index (χ1) is 14.5. The molecule has 0 spiro atoms. The Balaban J connectivity index is 1.89. The molecule has 0 fully saturated rings. The van der Waals surface area contributed by atoms with E-state index in [1.807, 2.05) is 18.4 Å². The number of nitrogens with one attached hydrogen (secondary N) is 1. The fraction of sp³-hybridized carbons (Fsp3) is 0.143. The molecule has 0 atom stereocenters. The number of hydrogen-bond acceptors (Lipinski definition) is 7. The van der Waals surface area contributed by atoms with Crippen molar-refractivity contribution in [2.24, 2.45) is 0 Å². The van der Waals surface area contributed by atoms with Gasteiger partial charge in [0.25, 0.3) is 11.5 Å². The van der Waals surface area contributed by atoms with E-state index < -0.39 is 11.5 Å². The number of nitrogens with zero attached hydrogens (tertiary/aromatic N) is 2. The van der Waals surface area contributed by atoms with Gasteiger partial charge in [0.05, 0.1) is 22.6 Å². The molecule has 0 bridgehead atoms. The first-order valence-corrected chi connectivity index (χ1v) is 10.9. The zero-order valence-electron chi connectivity index (χ0n) is 16.2. The Kier molecular flexibility index (Phi) is 5.47. The number of thiophene rings is 2. The lowest BCUT2D eigenvalue weighted by molar-refractivity contribution is 0.0520. The maximum atomic E-state index is 13.3. The van der Waals surface area contributed by atoms with E-state index in [0.717, 1.165) is 10.2 Å². The van der Waals surface area contributed by atoms with Crippen molar-refractivity contribution in [1.29, 1.82) is 0 Å². The molecule has 1 amide bonds. The summed E-state index contributed by atoms with van der Waals surface area (Å²) in [5.41, 5.74) is 1.09. The molecule has 3 heterocycles. The molecule has 30 heavy (non-hydrogen) atoms. The predicted molar refractivity (Wildman–Crippen MR) is 118 cm³/mol. The van der Waals surface area contributed by atoms with E-state index in [9.17, 15) is 14.4 Å². The number of para-hydroxylation sites is 1. The number of hydrogen-bond donors (Lipinski definition) is 1. The van der Waals surface area contributed by atoms with Crippen molar-refractivity contribution in [3.63, 3.8) is 0 Å². The number of rotatable bonds is 5. The van der Waals surface area contributed by atoms with Crippen molar-refractivity contribution in [2.45, 2.75) is 13.8 Å². The SMILES string of the molecule is CCOC(=O)c1nn(-c2ccccc2)c(=O)c2c(NC(=O)c3cc(C)cs3)scc12. The highest BCUT2D eigenvalue weighted by Crippen LogP contribution is 2.31. The molecular weight excluding hydrogens is 422 g/mol. The van der Waals surface area contributed by atoms with Crippen LogP contribution in [0.4, 0.5) is 5.00 Å². The summed E-state index contributed by atoms with van der Waals surface area (Å²) < 4.78 is 6.29. The summed E-state index contributed by atoms with van der Waals surface area (Å²) in [6, 6.07) is 10.6. The van der Waals surface area contributed by atoms with Crippen LogP contribution in [0.2, 0.25) is 0 Å². The van der Waals surface area contributed by atoms with Gasteiger partial charge in [-0.3, -0.25) is 9.59 Å². The van der Waals surface area contributed by atoms with Gasteiger partial charge in [0.15, 0.2) is 5.69 Å². The van der Waals surface area contributed by atoms with Crippen LogP contribution >= 0.6 is 22.7 Å². The minimum atomic E-state index is -0.628. The topological polar surface area (TPSA) is 90.3 Å². The Hall–Kier alpha value is -3.30. The number of anilines is 1. The average Bonchev–Trinajstić information content (AvgIpc) is 3.36. The molecule has 0 saturated heterocycles. The zero-order chi connectivity index (χ0) is 21.3. The number of fused-ring (bicyclic) bond motifs is 1. The summed E-state index contributed by atoms with van der Waals surface area (Å²) in [6.07, 6.45) is 0. The van der Waals surface area contributed by atoms with Crippen LogP contribution in [0.15, 0.2) is 52.0 Å². The molecule has 0 aliphatic rings. The summed E-state index contributed by atoms with van der Waals surface area (Å²) >= 11 is 2.50. The fourth-order valence-corrected chi connectivity index (χ4v) is 4.68. The molecule has 1 N–H and O–H groups in total. The molecule has 4 aromatic rings. The van der Waals surface area contributed by atoms with E-state index in [4.69, 9.17) is 4.74 Å². The third-order valence-electron chi connectivity index (χ3n) is 4.30. The fourth-order valence-electron chi connectivity index (χ4n) is 2.95. The highest BCUT2D eigenvalue weighted by Gasteiger charge is 2.23. The van der Waals surface area contributed by atoms with Crippen molar-refractivity contribution in [2.75, 3.05) is 11.9 Å². The number of carbonyl (C=O) groups excluding carboxylic acids is 2. The molecule has 1 aromatic carbocycles. The van der Waals surface area contributed by atoms with Gasteiger partial charge in [-0.15, -0.1) is 22.7 Å². The molecule has 0 saturated carbocycles. The van der Waals surface area contributed by atoms with Crippen LogP contribution < -0.4 is 10.9 Å². The molecule has 9 heteroatoms. The Labute approximate surface area is 179 Å². The second kappa shape index (κ2) is 8.21. The van der Waals surface area contributed by atoms with E-state index >= 15 is 0 Å². The first kappa shape index (κ1) is 20.0. The Morgan fingerprint density at radius 2 is 1.93 bits per heavy atom. The number of benzene rings is 1. The van der Waals surface area contributed by atoms with Gasteiger partial charge in [-0.2, -0.15) is 9.78 Å². The monoisotopic (exact) mass is 439 g/mol. The second-order valence-electron chi connectivity index (χ2n) is 6.42. The maximum Gasteiger partial charge on any atom is 0.359 e. The van der Waals surface area contributed by atoms with Gasteiger partial charge >= 0.3 is 5.97 Å². The van der Waals surface area contributed by atoms with E-state index in [-0.39, 0.29) is 23.6 Å². The maximum absolute atomic E-state index is 13.3. The molecule has 7 nitrogen and oxygen atoms in total. The van der Waals surface area contributed by atoms with Gasteiger partial charge in [-0.25, -0.2) is 4.79 Å². The number of aromatic nitrogens is 2. The van der Waals surface area contributed by atoms with E-state index in [1.54, 1.807) is 42.6 Å². The molecular formula is C21H17N3O4S2. The molecule has 0 aliphatic carbocycles. The van der Waals surface area contributed by atoms with Crippen LogP contribution in [0.1, 0.15) is 32.6 Å². The van der Waals surface area contributed by atoms with Crippen LogP contribution in [0, 0.1) is 6.92 Å². The van der Waals surface area contributed by atoms with Crippen molar-refractivity contribution in [3.05, 3.63) is 73.6 Å². The van der Waals surface area contributed by atoms with Gasteiger partial charge in [0.1, 0.15) is 5.00 Å². The normalized spacial score (nSPS) is 10.9. The number of amides is 1. The smallest absolute Gasteiger partial charge is 0.359 e. The highest BCUT2D eigenvalue weighted by molar-refractivity contribution is 7.16. The predicted octanol–water partition coefficient (Wildman–Crippen LogP) is 4.25. The molecule has 0 unspecified atom stereocenters. The second-order valence-corrected chi connectivity index (χ2v) is 8.21. The lowest BCUT2D eigenvalue weighted by Crippen LogP contribution is -2.25.